The Morgan fingerprint density at radius 3 is 2.36 bits per heavy atom. The Morgan fingerprint density at radius 1 is 1.07 bits per heavy atom. The van der Waals surface area contributed by atoms with E-state index < -0.39 is 5.97 Å². The first-order valence-electron chi connectivity index (χ1n) is 9.56. The van der Waals surface area contributed by atoms with Crippen molar-refractivity contribution < 1.29 is 24.2 Å². The standard InChI is InChI=1S/C22H25NO5/c1-2-3-12-27-19-10-6-18(7-11-19)23-14-16(13-21(23)24)15-28-20-8-4-17(5-9-20)22(25)26/h4-11,16H,2-3,12-15H2,1H3,(H,25,26). The van der Waals surface area contributed by atoms with Gasteiger partial charge in [0.2, 0.25) is 5.91 Å². The Morgan fingerprint density at radius 2 is 1.71 bits per heavy atom. The Bertz CT molecular complexity index is 801. The summed E-state index contributed by atoms with van der Waals surface area (Å²) in [5, 5.41) is 8.92. The van der Waals surface area contributed by atoms with Gasteiger partial charge in [0.15, 0.2) is 0 Å². The molecule has 1 heterocycles. The maximum Gasteiger partial charge on any atom is 0.335 e. The van der Waals surface area contributed by atoms with E-state index >= 15 is 0 Å². The molecule has 1 amide bonds. The molecule has 2 aromatic rings. The van der Waals surface area contributed by atoms with E-state index in [4.69, 9.17) is 14.6 Å². The second kappa shape index (κ2) is 9.26. The van der Waals surface area contributed by atoms with Crippen molar-refractivity contribution in [2.75, 3.05) is 24.7 Å². The maximum absolute atomic E-state index is 12.4. The minimum absolute atomic E-state index is 0.0782. The molecule has 1 aliphatic heterocycles. The summed E-state index contributed by atoms with van der Waals surface area (Å²) in [6, 6.07) is 13.9. The van der Waals surface area contributed by atoms with Crippen LogP contribution in [0.2, 0.25) is 0 Å². The fraction of sp³-hybridized carbons (Fsp3) is 0.364. The van der Waals surface area contributed by atoms with Crippen molar-refractivity contribution in [3.8, 4) is 11.5 Å². The topological polar surface area (TPSA) is 76.1 Å². The monoisotopic (exact) mass is 383 g/mol. The van der Waals surface area contributed by atoms with Gasteiger partial charge in [-0.05, 0) is 55.0 Å². The number of rotatable bonds is 9. The lowest BCUT2D eigenvalue weighted by Crippen LogP contribution is -2.25. The molecule has 3 rings (SSSR count). The van der Waals surface area contributed by atoms with Gasteiger partial charge in [0.1, 0.15) is 11.5 Å². The van der Waals surface area contributed by atoms with Crippen LogP contribution in [-0.2, 0) is 4.79 Å². The number of hydrogen-bond donors (Lipinski definition) is 1. The molecule has 0 bridgehead atoms. The highest BCUT2D eigenvalue weighted by atomic mass is 16.5. The molecule has 1 aliphatic rings. The second-order valence-corrected chi connectivity index (χ2v) is 6.91. The van der Waals surface area contributed by atoms with Gasteiger partial charge < -0.3 is 19.5 Å². The fourth-order valence-electron chi connectivity index (χ4n) is 3.11. The number of amides is 1. The Labute approximate surface area is 164 Å². The lowest BCUT2D eigenvalue weighted by Gasteiger charge is -2.17. The average molecular weight is 383 g/mol. The molecule has 28 heavy (non-hydrogen) atoms. The number of hydrogen-bond acceptors (Lipinski definition) is 4. The Kier molecular flexibility index (Phi) is 6.53. The van der Waals surface area contributed by atoms with E-state index in [9.17, 15) is 9.59 Å². The highest BCUT2D eigenvalue weighted by Gasteiger charge is 2.31. The van der Waals surface area contributed by atoms with E-state index in [0.717, 1.165) is 24.3 Å². The number of ether oxygens (including phenoxy) is 2. The van der Waals surface area contributed by atoms with Crippen molar-refractivity contribution in [1.82, 2.24) is 0 Å². The summed E-state index contributed by atoms with van der Waals surface area (Å²) in [4.78, 5) is 25.0. The van der Waals surface area contributed by atoms with Gasteiger partial charge in [-0.25, -0.2) is 4.79 Å². The number of carbonyl (C=O) groups excluding carboxylic acids is 1. The molecule has 0 aliphatic carbocycles. The first-order chi connectivity index (χ1) is 13.6. The van der Waals surface area contributed by atoms with Crippen molar-refractivity contribution in [1.29, 1.82) is 0 Å². The third-order valence-corrected chi connectivity index (χ3v) is 4.71. The number of carboxylic acids is 1. The average Bonchev–Trinajstić information content (AvgIpc) is 3.08. The molecule has 6 nitrogen and oxygen atoms in total. The third-order valence-electron chi connectivity index (χ3n) is 4.71. The van der Waals surface area contributed by atoms with Gasteiger partial charge in [-0.1, -0.05) is 13.3 Å². The molecular formula is C22H25NO5. The predicted octanol–water partition coefficient (Wildman–Crippen LogP) is 4.00. The Hall–Kier alpha value is -3.02. The fourth-order valence-corrected chi connectivity index (χ4v) is 3.11. The Balaban J connectivity index is 1.52. The summed E-state index contributed by atoms with van der Waals surface area (Å²) < 4.78 is 11.4. The highest BCUT2D eigenvalue weighted by molar-refractivity contribution is 5.95. The molecule has 1 N–H and O–H groups in total. The van der Waals surface area contributed by atoms with E-state index in [-0.39, 0.29) is 17.4 Å². The molecule has 0 radical (unpaired) electrons. The summed E-state index contributed by atoms with van der Waals surface area (Å²) in [6.07, 6.45) is 2.54. The number of aromatic carboxylic acids is 1. The van der Waals surface area contributed by atoms with E-state index in [1.165, 1.54) is 12.1 Å². The van der Waals surface area contributed by atoms with E-state index in [2.05, 4.69) is 6.92 Å². The summed E-state index contributed by atoms with van der Waals surface area (Å²) in [6.45, 7) is 3.83. The van der Waals surface area contributed by atoms with Crippen LogP contribution >= 0.6 is 0 Å². The van der Waals surface area contributed by atoms with E-state index in [1.54, 1.807) is 17.0 Å². The van der Waals surface area contributed by atoms with Gasteiger partial charge >= 0.3 is 5.97 Å². The molecule has 148 valence electrons. The molecule has 0 aromatic heterocycles. The molecule has 1 atom stereocenters. The zero-order valence-corrected chi connectivity index (χ0v) is 16.0. The normalized spacial score (nSPS) is 16.2. The van der Waals surface area contributed by atoms with Crippen LogP contribution in [0.5, 0.6) is 11.5 Å². The molecule has 1 saturated heterocycles. The van der Waals surface area contributed by atoms with Crippen molar-refractivity contribution in [2.45, 2.75) is 26.2 Å². The van der Waals surface area contributed by atoms with Crippen molar-refractivity contribution in [2.24, 2.45) is 5.92 Å². The largest absolute Gasteiger partial charge is 0.494 e. The van der Waals surface area contributed by atoms with Crippen LogP contribution in [0.15, 0.2) is 48.5 Å². The summed E-state index contributed by atoms with van der Waals surface area (Å²) >= 11 is 0. The van der Waals surface area contributed by atoms with Gasteiger partial charge in [0, 0.05) is 24.6 Å². The quantitative estimate of drug-likeness (QED) is 0.663. The lowest BCUT2D eigenvalue weighted by atomic mass is 10.1. The van der Waals surface area contributed by atoms with Crippen molar-refractivity contribution in [3.63, 3.8) is 0 Å². The van der Waals surface area contributed by atoms with Crippen LogP contribution in [-0.4, -0.2) is 36.7 Å². The third kappa shape index (κ3) is 5.03. The van der Waals surface area contributed by atoms with Gasteiger partial charge in [0.05, 0.1) is 18.8 Å². The number of anilines is 1. The number of nitrogens with zero attached hydrogens (tertiary/aromatic N) is 1. The minimum Gasteiger partial charge on any atom is -0.494 e. The lowest BCUT2D eigenvalue weighted by molar-refractivity contribution is -0.117. The highest BCUT2D eigenvalue weighted by Crippen LogP contribution is 2.27. The van der Waals surface area contributed by atoms with Crippen LogP contribution in [0.25, 0.3) is 0 Å². The van der Waals surface area contributed by atoms with Gasteiger partial charge in [-0.3, -0.25) is 4.79 Å². The maximum atomic E-state index is 12.4. The van der Waals surface area contributed by atoms with Crippen LogP contribution in [0.3, 0.4) is 0 Å². The van der Waals surface area contributed by atoms with Crippen molar-refractivity contribution >= 4 is 17.6 Å². The first kappa shape index (κ1) is 19.7. The predicted molar refractivity (Wildman–Crippen MR) is 106 cm³/mol. The molecule has 2 aromatic carbocycles. The SMILES string of the molecule is CCCCOc1ccc(N2CC(COc3ccc(C(=O)O)cc3)CC2=O)cc1. The smallest absolute Gasteiger partial charge is 0.335 e. The van der Waals surface area contributed by atoms with Crippen LogP contribution in [0, 0.1) is 5.92 Å². The molecule has 0 saturated carbocycles. The molecule has 1 fully saturated rings. The van der Waals surface area contributed by atoms with Gasteiger partial charge in [0.25, 0.3) is 0 Å². The van der Waals surface area contributed by atoms with Crippen LogP contribution < -0.4 is 14.4 Å². The zero-order valence-electron chi connectivity index (χ0n) is 16.0. The van der Waals surface area contributed by atoms with Gasteiger partial charge in [-0.15, -0.1) is 0 Å². The van der Waals surface area contributed by atoms with Crippen molar-refractivity contribution in [3.05, 3.63) is 54.1 Å². The molecule has 0 spiro atoms. The molecular weight excluding hydrogens is 358 g/mol. The molecule has 6 heteroatoms. The zero-order chi connectivity index (χ0) is 19.9. The molecule has 1 unspecified atom stereocenters. The van der Waals surface area contributed by atoms with Crippen LogP contribution in [0.1, 0.15) is 36.5 Å². The number of benzene rings is 2. The van der Waals surface area contributed by atoms with Gasteiger partial charge in [-0.2, -0.15) is 0 Å². The van der Waals surface area contributed by atoms with Crippen LogP contribution in [0.4, 0.5) is 5.69 Å². The minimum atomic E-state index is -0.967. The summed E-state index contributed by atoms with van der Waals surface area (Å²) in [5.74, 6) is 0.616. The van der Waals surface area contributed by atoms with E-state index in [0.29, 0.717) is 31.9 Å². The number of unbranched alkanes of at least 4 members (excludes halogenated alkanes) is 1. The number of carboxylic acid groups (broad SMARTS) is 1. The number of carbonyl (C=O) groups is 2. The summed E-state index contributed by atoms with van der Waals surface area (Å²) in [5.41, 5.74) is 1.08. The second-order valence-electron chi connectivity index (χ2n) is 6.91. The summed E-state index contributed by atoms with van der Waals surface area (Å²) in [7, 11) is 0. The first-order valence-corrected chi connectivity index (χ1v) is 9.56. The van der Waals surface area contributed by atoms with E-state index in [1.807, 2.05) is 24.3 Å².